The van der Waals surface area contributed by atoms with Crippen molar-refractivity contribution in [3.05, 3.63) is 34.4 Å². The van der Waals surface area contributed by atoms with Crippen LogP contribution in [-0.2, 0) is 11.3 Å². The smallest absolute Gasteiger partial charge is 0.304 e. The Labute approximate surface area is 121 Å². The van der Waals surface area contributed by atoms with Crippen molar-refractivity contribution >= 4 is 5.97 Å². The molecule has 1 unspecified atom stereocenters. The number of rotatable bonds is 4. The van der Waals surface area contributed by atoms with E-state index in [4.69, 9.17) is 5.11 Å². The van der Waals surface area contributed by atoms with E-state index < -0.39 is 5.97 Å². The van der Waals surface area contributed by atoms with Gasteiger partial charge in [0, 0.05) is 12.6 Å². The van der Waals surface area contributed by atoms with Gasteiger partial charge in [-0.15, -0.1) is 0 Å². The second kappa shape index (κ2) is 6.40. The van der Waals surface area contributed by atoms with E-state index in [0.717, 1.165) is 25.9 Å². The number of piperidine rings is 1. The van der Waals surface area contributed by atoms with Crippen LogP contribution in [0, 0.1) is 20.8 Å². The second-order valence-electron chi connectivity index (χ2n) is 6.08. The third-order valence-corrected chi connectivity index (χ3v) is 4.49. The summed E-state index contributed by atoms with van der Waals surface area (Å²) in [7, 11) is 0. The van der Waals surface area contributed by atoms with Gasteiger partial charge in [0.05, 0.1) is 6.42 Å². The fraction of sp³-hybridized carbons (Fsp3) is 0.588. The Morgan fingerprint density at radius 3 is 2.60 bits per heavy atom. The summed E-state index contributed by atoms with van der Waals surface area (Å²) in [6.45, 7) is 8.33. The molecule has 1 fully saturated rings. The van der Waals surface area contributed by atoms with Gasteiger partial charge in [-0.2, -0.15) is 0 Å². The number of carboxylic acids is 1. The lowest BCUT2D eigenvalue weighted by Gasteiger charge is -2.35. The molecular formula is C17H25NO2. The largest absolute Gasteiger partial charge is 0.481 e. The number of aryl methyl sites for hydroxylation is 3. The predicted molar refractivity (Wildman–Crippen MR) is 81.0 cm³/mol. The topological polar surface area (TPSA) is 40.5 Å². The maximum Gasteiger partial charge on any atom is 0.304 e. The van der Waals surface area contributed by atoms with Gasteiger partial charge in [0.1, 0.15) is 0 Å². The number of carbonyl (C=O) groups is 1. The monoisotopic (exact) mass is 275 g/mol. The van der Waals surface area contributed by atoms with Crippen molar-refractivity contribution in [2.24, 2.45) is 0 Å². The number of likely N-dealkylation sites (tertiary alicyclic amines) is 1. The van der Waals surface area contributed by atoms with Crippen LogP contribution in [0.25, 0.3) is 0 Å². The lowest BCUT2D eigenvalue weighted by molar-refractivity contribution is -0.138. The minimum atomic E-state index is -0.682. The molecule has 20 heavy (non-hydrogen) atoms. The lowest BCUT2D eigenvalue weighted by atomic mass is 9.96. The molecule has 0 bridgehead atoms. The highest BCUT2D eigenvalue weighted by molar-refractivity contribution is 5.67. The number of hydrogen-bond acceptors (Lipinski definition) is 2. The summed E-state index contributed by atoms with van der Waals surface area (Å²) >= 11 is 0. The van der Waals surface area contributed by atoms with Crippen molar-refractivity contribution in [1.82, 2.24) is 4.90 Å². The fourth-order valence-corrected chi connectivity index (χ4v) is 3.11. The molecule has 1 aromatic rings. The van der Waals surface area contributed by atoms with Crippen molar-refractivity contribution in [1.29, 1.82) is 0 Å². The molecule has 3 heteroatoms. The lowest BCUT2D eigenvalue weighted by Crippen LogP contribution is -2.40. The van der Waals surface area contributed by atoms with Crippen LogP contribution in [0.4, 0.5) is 0 Å². The number of aliphatic carboxylic acids is 1. The van der Waals surface area contributed by atoms with Crippen LogP contribution in [0.5, 0.6) is 0 Å². The summed E-state index contributed by atoms with van der Waals surface area (Å²) in [6, 6.07) is 4.69. The molecule has 2 rings (SSSR count). The van der Waals surface area contributed by atoms with Crippen molar-refractivity contribution < 1.29 is 9.90 Å². The summed E-state index contributed by atoms with van der Waals surface area (Å²) in [5.41, 5.74) is 5.29. The zero-order chi connectivity index (χ0) is 14.7. The Hall–Kier alpha value is -1.35. The fourth-order valence-electron chi connectivity index (χ4n) is 3.11. The normalized spacial score (nSPS) is 20.1. The molecule has 0 saturated carbocycles. The molecule has 1 N–H and O–H groups in total. The molecule has 3 nitrogen and oxygen atoms in total. The van der Waals surface area contributed by atoms with Crippen LogP contribution < -0.4 is 0 Å². The molecule has 1 saturated heterocycles. The van der Waals surface area contributed by atoms with Gasteiger partial charge < -0.3 is 5.11 Å². The molecule has 0 spiro atoms. The first-order chi connectivity index (χ1) is 9.47. The highest BCUT2D eigenvalue weighted by atomic mass is 16.4. The number of hydrogen-bond donors (Lipinski definition) is 1. The van der Waals surface area contributed by atoms with E-state index in [2.05, 4.69) is 37.8 Å². The summed E-state index contributed by atoms with van der Waals surface area (Å²) in [4.78, 5) is 13.4. The van der Waals surface area contributed by atoms with Gasteiger partial charge in [-0.3, -0.25) is 9.69 Å². The summed E-state index contributed by atoms with van der Waals surface area (Å²) < 4.78 is 0. The molecule has 1 aromatic carbocycles. The van der Waals surface area contributed by atoms with Crippen LogP contribution >= 0.6 is 0 Å². The number of nitrogens with zero attached hydrogens (tertiary/aromatic N) is 1. The maximum absolute atomic E-state index is 11.0. The third-order valence-electron chi connectivity index (χ3n) is 4.49. The Morgan fingerprint density at radius 1 is 1.20 bits per heavy atom. The zero-order valence-electron chi connectivity index (χ0n) is 12.8. The summed E-state index contributed by atoms with van der Waals surface area (Å²) in [6.07, 6.45) is 3.61. The Morgan fingerprint density at radius 2 is 1.90 bits per heavy atom. The number of carboxylic acid groups (broad SMARTS) is 1. The Kier molecular flexibility index (Phi) is 4.81. The molecule has 1 aliphatic heterocycles. The van der Waals surface area contributed by atoms with Crippen molar-refractivity contribution in [2.75, 3.05) is 6.54 Å². The zero-order valence-corrected chi connectivity index (χ0v) is 12.8. The van der Waals surface area contributed by atoms with E-state index in [1.165, 1.54) is 28.7 Å². The van der Waals surface area contributed by atoms with Crippen molar-refractivity contribution in [2.45, 2.75) is 59.0 Å². The molecule has 0 radical (unpaired) electrons. The van der Waals surface area contributed by atoms with Gasteiger partial charge in [-0.25, -0.2) is 0 Å². The van der Waals surface area contributed by atoms with Crippen LogP contribution in [0.1, 0.15) is 47.9 Å². The van der Waals surface area contributed by atoms with Crippen LogP contribution in [0.2, 0.25) is 0 Å². The third kappa shape index (κ3) is 3.60. The second-order valence-corrected chi connectivity index (χ2v) is 6.08. The van der Waals surface area contributed by atoms with E-state index >= 15 is 0 Å². The standard InChI is InChI=1S/C17H25NO2/c1-12-8-14(3)15(9-13(12)2)11-18-7-5-4-6-16(18)10-17(19)20/h8-9,16H,4-7,10-11H2,1-3H3,(H,19,20). The highest BCUT2D eigenvalue weighted by Crippen LogP contribution is 2.24. The van der Waals surface area contributed by atoms with E-state index in [9.17, 15) is 4.79 Å². The summed E-state index contributed by atoms with van der Waals surface area (Å²) in [5, 5.41) is 9.06. The quantitative estimate of drug-likeness (QED) is 0.915. The Bertz CT molecular complexity index is 496. The van der Waals surface area contributed by atoms with Crippen molar-refractivity contribution in [3.8, 4) is 0 Å². The molecular weight excluding hydrogens is 250 g/mol. The van der Waals surface area contributed by atoms with Gasteiger partial charge in [0.15, 0.2) is 0 Å². The van der Waals surface area contributed by atoms with E-state index in [1.807, 2.05) is 0 Å². The van der Waals surface area contributed by atoms with Gasteiger partial charge in [-0.05, 0) is 62.4 Å². The summed E-state index contributed by atoms with van der Waals surface area (Å²) in [5.74, 6) is -0.682. The average Bonchev–Trinajstić information content (AvgIpc) is 2.37. The molecule has 0 aromatic heterocycles. The molecule has 110 valence electrons. The molecule has 0 aliphatic carbocycles. The Balaban J connectivity index is 2.14. The minimum absolute atomic E-state index is 0.197. The molecule has 0 amide bonds. The minimum Gasteiger partial charge on any atom is -0.481 e. The van der Waals surface area contributed by atoms with Crippen LogP contribution in [0.15, 0.2) is 12.1 Å². The average molecular weight is 275 g/mol. The van der Waals surface area contributed by atoms with Gasteiger partial charge in [0.25, 0.3) is 0 Å². The van der Waals surface area contributed by atoms with Gasteiger partial charge >= 0.3 is 5.97 Å². The van der Waals surface area contributed by atoms with Gasteiger partial charge in [-0.1, -0.05) is 18.6 Å². The van der Waals surface area contributed by atoms with Crippen LogP contribution in [-0.4, -0.2) is 28.6 Å². The number of benzene rings is 1. The molecule has 1 aliphatic rings. The molecule has 1 atom stereocenters. The predicted octanol–water partition coefficient (Wildman–Crippen LogP) is 3.44. The van der Waals surface area contributed by atoms with E-state index in [-0.39, 0.29) is 12.5 Å². The van der Waals surface area contributed by atoms with Crippen molar-refractivity contribution in [3.63, 3.8) is 0 Å². The van der Waals surface area contributed by atoms with Gasteiger partial charge in [0.2, 0.25) is 0 Å². The SMILES string of the molecule is Cc1cc(C)c(CN2CCCCC2CC(=O)O)cc1C. The molecule has 1 heterocycles. The first kappa shape index (κ1) is 15.0. The highest BCUT2D eigenvalue weighted by Gasteiger charge is 2.24. The van der Waals surface area contributed by atoms with E-state index in [1.54, 1.807) is 0 Å². The first-order valence-corrected chi connectivity index (χ1v) is 7.50. The van der Waals surface area contributed by atoms with E-state index in [0.29, 0.717) is 0 Å². The van der Waals surface area contributed by atoms with Crippen LogP contribution in [0.3, 0.4) is 0 Å². The maximum atomic E-state index is 11.0. The first-order valence-electron chi connectivity index (χ1n) is 7.50.